The van der Waals surface area contributed by atoms with E-state index >= 15 is 0 Å². The number of carboxylic acid groups (broad SMARTS) is 1. The van der Waals surface area contributed by atoms with Crippen LogP contribution < -0.4 is 5.32 Å². The SMILES string of the molecule is CC(C)CC(/C=C/CC(=O)O)NC(=O)OC(C)(C)C. The molecule has 0 aromatic rings. The van der Waals surface area contributed by atoms with Gasteiger partial charge in [-0.1, -0.05) is 26.0 Å². The highest BCUT2D eigenvalue weighted by Crippen LogP contribution is 2.10. The lowest BCUT2D eigenvalue weighted by atomic mass is 10.0. The molecule has 1 unspecified atom stereocenters. The van der Waals surface area contributed by atoms with Crippen molar-refractivity contribution in [2.45, 2.75) is 59.1 Å². The predicted molar refractivity (Wildman–Crippen MR) is 74.0 cm³/mol. The number of ether oxygens (including phenoxy) is 1. The first kappa shape index (κ1) is 17.5. The molecule has 110 valence electrons. The summed E-state index contributed by atoms with van der Waals surface area (Å²) in [6, 6.07) is -0.214. The summed E-state index contributed by atoms with van der Waals surface area (Å²) in [5, 5.41) is 11.3. The molecule has 0 aromatic carbocycles. The number of aliphatic carboxylic acids is 1. The fraction of sp³-hybridized carbons (Fsp3) is 0.714. The van der Waals surface area contributed by atoms with E-state index in [4.69, 9.17) is 9.84 Å². The van der Waals surface area contributed by atoms with Crippen LogP contribution in [-0.2, 0) is 9.53 Å². The van der Waals surface area contributed by atoms with Crippen LogP contribution in [0.5, 0.6) is 0 Å². The zero-order valence-electron chi connectivity index (χ0n) is 12.4. The smallest absolute Gasteiger partial charge is 0.408 e. The Labute approximate surface area is 115 Å². The number of alkyl carbamates (subject to hydrolysis) is 1. The van der Waals surface area contributed by atoms with Crippen LogP contribution in [0, 0.1) is 5.92 Å². The van der Waals surface area contributed by atoms with Gasteiger partial charge in [-0.05, 0) is 33.1 Å². The third-order valence-electron chi connectivity index (χ3n) is 2.09. The maximum Gasteiger partial charge on any atom is 0.408 e. The zero-order chi connectivity index (χ0) is 15.1. The fourth-order valence-electron chi connectivity index (χ4n) is 1.49. The Morgan fingerprint density at radius 3 is 2.32 bits per heavy atom. The largest absolute Gasteiger partial charge is 0.481 e. The van der Waals surface area contributed by atoms with Gasteiger partial charge < -0.3 is 15.2 Å². The molecule has 0 rings (SSSR count). The van der Waals surface area contributed by atoms with Crippen molar-refractivity contribution >= 4 is 12.1 Å². The van der Waals surface area contributed by atoms with Gasteiger partial charge in [0.25, 0.3) is 0 Å². The second-order valence-electron chi connectivity index (χ2n) is 5.91. The Morgan fingerprint density at radius 1 is 1.32 bits per heavy atom. The zero-order valence-corrected chi connectivity index (χ0v) is 12.4. The van der Waals surface area contributed by atoms with E-state index in [1.54, 1.807) is 32.9 Å². The van der Waals surface area contributed by atoms with Crippen molar-refractivity contribution in [1.29, 1.82) is 0 Å². The molecule has 0 fully saturated rings. The first-order valence-corrected chi connectivity index (χ1v) is 6.48. The summed E-state index contributed by atoms with van der Waals surface area (Å²) in [7, 11) is 0. The van der Waals surface area contributed by atoms with E-state index in [2.05, 4.69) is 5.32 Å². The monoisotopic (exact) mass is 271 g/mol. The van der Waals surface area contributed by atoms with E-state index in [0.717, 1.165) is 6.42 Å². The van der Waals surface area contributed by atoms with Gasteiger partial charge in [-0.15, -0.1) is 0 Å². The van der Waals surface area contributed by atoms with Crippen molar-refractivity contribution in [3.63, 3.8) is 0 Å². The molecule has 0 spiro atoms. The van der Waals surface area contributed by atoms with Gasteiger partial charge in [-0.2, -0.15) is 0 Å². The molecule has 5 heteroatoms. The topological polar surface area (TPSA) is 75.6 Å². The number of hydrogen-bond donors (Lipinski definition) is 2. The van der Waals surface area contributed by atoms with E-state index in [1.165, 1.54) is 0 Å². The minimum Gasteiger partial charge on any atom is -0.481 e. The van der Waals surface area contributed by atoms with E-state index < -0.39 is 17.7 Å². The third-order valence-corrected chi connectivity index (χ3v) is 2.09. The van der Waals surface area contributed by atoms with E-state index in [-0.39, 0.29) is 12.5 Å². The summed E-state index contributed by atoms with van der Waals surface area (Å²) in [5.74, 6) is -0.508. The van der Waals surface area contributed by atoms with Crippen LogP contribution in [0.3, 0.4) is 0 Å². The van der Waals surface area contributed by atoms with Gasteiger partial charge in [0.2, 0.25) is 0 Å². The maximum atomic E-state index is 11.7. The van der Waals surface area contributed by atoms with Gasteiger partial charge in [0, 0.05) is 0 Å². The average Bonchev–Trinajstić information content (AvgIpc) is 2.11. The molecule has 5 nitrogen and oxygen atoms in total. The summed E-state index contributed by atoms with van der Waals surface area (Å²) in [5.41, 5.74) is -0.544. The third kappa shape index (κ3) is 11.3. The second kappa shape index (κ2) is 7.81. The van der Waals surface area contributed by atoms with E-state index in [0.29, 0.717) is 5.92 Å². The molecule has 1 amide bonds. The molecular weight excluding hydrogens is 246 g/mol. The Kier molecular flexibility index (Phi) is 7.19. The molecule has 0 bridgehead atoms. The lowest BCUT2D eigenvalue weighted by Gasteiger charge is -2.23. The van der Waals surface area contributed by atoms with Gasteiger partial charge >= 0.3 is 12.1 Å². The van der Waals surface area contributed by atoms with Crippen molar-refractivity contribution in [2.75, 3.05) is 0 Å². The van der Waals surface area contributed by atoms with Gasteiger partial charge in [0.05, 0.1) is 12.5 Å². The summed E-state index contributed by atoms with van der Waals surface area (Å²) in [6.07, 6.45) is 3.45. The molecule has 0 saturated heterocycles. The summed E-state index contributed by atoms with van der Waals surface area (Å²) < 4.78 is 5.18. The normalized spacial score (nSPS) is 13.6. The number of carboxylic acids is 1. The van der Waals surface area contributed by atoms with Crippen molar-refractivity contribution in [2.24, 2.45) is 5.92 Å². The fourth-order valence-corrected chi connectivity index (χ4v) is 1.49. The van der Waals surface area contributed by atoms with Gasteiger partial charge in [0.1, 0.15) is 5.60 Å². The summed E-state index contributed by atoms with van der Waals surface area (Å²) in [6.45, 7) is 9.46. The first-order chi connectivity index (χ1) is 8.60. The summed E-state index contributed by atoms with van der Waals surface area (Å²) in [4.78, 5) is 22.1. The van der Waals surface area contributed by atoms with Crippen molar-refractivity contribution in [3.8, 4) is 0 Å². The van der Waals surface area contributed by atoms with E-state index in [9.17, 15) is 9.59 Å². The quantitative estimate of drug-likeness (QED) is 0.728. The van der Waals surface area contributed by atoms with E-state index in [1.807, 2.05) is 13.8 Å². The maximum absolute atomic E-state index is 11.7. The number of carbonyl (C=O) groups excluding carboxylic acids is 1. The number of carbonyl (C=O) groups is 2. The molecule has 0 heterocycles. The predicted octanol–water partition coefficient (Wildman–Crippen LogP) is 2.96. The van der Waals surface area contributed by atoms with Crippen molar-refractivity contribution in [3.05, 3.63) is 12.2 Å². The number of nitrogens with one attached hydrogen (secondary N) is 1. The Morgan fingerprint density at radius 2 is 1.89 bits per heavy atom. The van der Waals surface area contributed by atoms with Crippen LogP contribution in [0.15, 0.2) is 12.2 Å². The van der Waals surface area contributed by atoms with Gasteiger partial charge in [-0.3, -0.25) is 4.79 Å². The highest BCUT2D eigenvalue weighted by Gasteiger charge is 2.18. The van der Waals surface area contributed by atoms with Crippen molar-refractivity contribution in [1.82, 2.24) is 5.32 Å². The molecule has 0 radical (unpaired) electrons. The average molecular weight is 271 g/mol. The molecule has 0 aliphatic rings. The highest BCUT2D eigenvalue weighted by molar-refractivity contribution is 5.69. The van der Waals surface area contributed by atoms with Crippen LogP contribution in [0.1, 0.15) is 47.5 Å². The molecule has 2 N–H and O–H groups in total. The lowest BCUT2D eigenvalue weighted by Crippen LogP contribution is -2.38. The second-order valence-corrected chi connectivity index (χ2v) is 5.91. The molecule has 0 aliphatic carbocycles. The van der Waals surface area contributed by atoms with Crippen LogP contribution in [0.2, 0.25) is 0 Å². The minimum absolute atomic E-state index is 0.0510. The molecule has 0 aromatic heterocycles. The first-order valence-electron chi connectivity index (χ1n) is 6.48. The molecule has 0 aliphatic heterocycles. The Bertz CT molecular complexity index is 329. The van der Waals surface area contributed by atoms with Crippen LogP contribution in [-0.4, -0.2) is 28.8 Å². The molecule has 1 atom stereocenters. The Balaban J connectivity index is 4.46. The molecule has 19 heavy (non-hydrogen) atoms. The Hall–Kier alpha value is -1.52. The number of rotatable bonds is 6. The standard InChI is InChI=1S/C14H25NO4/c1-10(2)9-11(7-6-8-12(16)17)15-13(18)19-14(3,4)5/h6-7,10-11H,8-9H2,1-5H3,(H,15,18)(H,16,17)/b7-6+. The minimum atomic E-state index is -0.892. The van der Waals surface area contributed by atoms with Gasteiger partial charge in [0.15, 0.2) is 0 Å². The van der Waals surface area contributed by atoms with Crippen molar-refractivity contribution < 1.29 is 19.4 Å². The number of hydrogen-bond acceptors (Lipinski definition) is 3. The van der Waals surface area contributed by atoms with Crippen LogP contribution >= 0.6 is 0 Å². The van der Waals surface area contributed by atoms with Crippen LogP contribution in [0.4, 0.5) is 4.79 Å². The highest BCUT2D eigenvalue weighted by atomic mass is 16.6. The summed E-state index contributed by atoms with van der Waals surface area (Å²) >= 11 is 0. The lowest BCUT2D eigenvalue weighted by molar-refractivity contribution is -0.136. The van der Waals surface area contributed by atoms with Crippen LogP contribution in [0.25, 0.3) is 0 Å². The number of amides is 1. The molecular formula is C14H25NO4. The molecule has 0 saturated carbocycles. The van der Waals surface area contributed by atoms with Gasteiger partial charge in [-0.25, -0.2) is 4.79 Å².